The number of urea groups is 1. The molecule has 0 radical (unpaired) electrons. The number of carbonyl (C=O) groups is 1. The average Bonchev–Trinajstić information content (AvgIpc) is 3.08. The summed E-state index contributed by atoms with van der Waals surface area (Å²) in [4.78, 5) is 20.5. The molecule has 2 aliphatic carbocycles. The number of carbonyl (C=O) groups excluding carboxylic acids is 1. The van der Waals surface area contributed by atoms with Gasteiger partial charge in [0, 0.05) is 24.0 Å². The summed E-state index contributed by atoms with van der Waals surface area (Å²) in [7, 11) is 1.07. The summed E-state index contributed by atoms with van der Waals surface area (Å²) in [5, 5.41) is 0. The van der Waals surface area contributed by atoms with Gasteiger partial charge in [0.05, 0.1) is 17.0 Å². The molecule has 35 heavy (non-hydrogen) atoms. The summed E-state index contributed by atoms with van der Waals surface area (Å²) in [6.45, 7) is 1.49. The van der Waals surface area contributed by atoms with E-state index >= 15 is 0 Å². The standard InChI is InChI=1S/C28H37N3O3S/c1-29(2)28(23-10-5-4-6-11-23)18-16-27(17-19-28)21-30(26(32)31(27)20-22-8-7-9-22)24-12-14-25(15-13-24)35(3,33)34/h4-6,10-15,22H,7-9,16-21H2,1-3H3/t27-,28-. The zero-order chi connectivity index (χ0) is 24.8. The van der Waals surface area contributed by atoms with Gasteiger partial charge >= 0.3 is 6.03 Å². The lowest BCUT2D eigenvalue weighted by atomic mass is 9.68. The van der Waals surface area contributed by atoms with Crippen molar-refractivity contribution >= 4 is 21.6 Å². The number of benzene rings is 2. The fourth-order valence-electron chi connectivity index (χ4n) is 6.38. The van der Waals surface area contributed by atoms with Crippen molar-refractivity contribution in [2.75, 3.05) is 38.3 Å². The molecule has 7 heteroatoms. The van der Waals surface area contributed by atoms with Gasteiger partial charge in [0.15, 0.2) is 9.84 Å². The highest BCUT2D eigenvalue weighted by atomic mass is 32.2. The minimum atomic E-state index is -3.27. The smallest absolute Gasteiger partial charge is 0.317 e. The molecule has 0 N–H and O–H groups in total. The molecule has 2 aromatic rings. The van der Waals surface area contributed by atoms with Crippen molar-refractivity contribution in [2.24, 2.45) is 5.92 Å². The Balaban J connectivity index is 1.44. The molecular formula is C28H37N3O3S. The third-order valence-electron chi connectivity index (χ3n) is 8.90. The molecule has 1 saturated heterocycles. The lowest BCUT2D eigenvalue weighted by Crippen LogP contribution is -2.56. The fourth-order valence-corrected chi connectivity index (χ4v) is 7.01. The van der Waals surface area contributed by atoms with Crippen molar-refractivity contribution in [3.8, 4) is 0 Å². The van der Waals surface area contributed by atoms with Crippen LogP contribution in [0, 0.1) is 5.92 Å². The highest BCUT2D eigenvalue weighted by Crippen LogP contribution is 2.50. The Morgan fingerprint density at radius 1 is 0.943 bits per heavy atom. The Morgan fingerprint density at radius 3 is 2.09 bits per heavy atom. The lowest BCUT2D eigenvalue weighted by molar-refractivity contribution is 0.0172. The molecule has 0 unspecified atom stereocenters. The van der Waals surface area contributed by atoms with Gasteiger partial charge in [-0.1, -0.05) is 36.8 Å². The topological polar surface area (TPSA) is 60.9 Å². The maximum atomic E-state index is 13.8. The number of hydrogen-bond acceptors (Lipinski definition) is 4. The Morgan fingerprint density at radius 2 is 1.57 bits per heavy atom. The highest BCUT2D eigenvalue weighted by molar-refractivity contribution is 7.90. The molecule has 6 nitrogen and oxygen atoms in total. The van der Waals surface area contributed by atoms with Gasteiger partial charge in [-0.2, -0.15) is 0 Å². The number of nitrogens with zero attached hydrogens (tertiary/aromatic N) is 3. The number of anilines is 1. The zero-order valence-electron chi connectivity index (χ0n) is 21.1. The molecule has 1 spiro atoms. The maximum absolute atomic E-state index is 13.8. The van der Waals surface area contributed by atoms with Crippen molar-refractivity contribution in [3.63, 3.8) is 0 Å². The number of rotatable bonds is 6. The fraction of sp³-hybridized carbons (Fsp3) is 0.536. The first-order chi connectivity index (χ1) is 16.6. The van der Waals surface area contributed by atoms with Crippen LogP contribution in [0.2, 0.25) is 0 Å². The second kappa shape index (κ2) is 8.93. The third kappa shape index (κ3) is 4.27. The van der Waals surface area contributed by atoms with Crippen LogP contribution < -0.4 is 4.90 Å². The minimum absolute atomic E-state index is 0.0255. The molecule has 0 atom stereocenters. The van der Waals surface area contributed by atoms with Crippen LogP contribution in [0.25, 0.3) is 0 Å². The van der Waals surface area contributed by atoms with E-state index < -0.39 is 9.84 Å². The van der Waals surface area contributed by atoms with Crippen molar-refractivity contribution in [1.29, 1.82) is 0 Å². The van der Waals surface area contributed by atoms with E-state index in [1.807, 2.05) is 4.90 Å². The molecule has 2 amide bonds. The van der Waals surface area contributed by atoms with Crippen LogP contribution in [-0.2, 0) is 15.4 Å². The van der Waals surface area contributed by atoms with E-state index in [-0.39, 0.29) is 22.0 Å². The highest BCUT2D eigenvalue weighted by Gasteiger charge is 2.55. The van der Waals surface area contributed by atoms with Crippen LogP contribution >= 0.6 is 0 Å². The van der Waals surface area contributed by atoms with Gasteiger partial charge in [-0.3, -0.25) is 9.80 Å². The molecule has 2 saturated carbocycles. The quantitative estimate of drug-likeness (QED) is 0.572. The predicted octanol–water partition coefficient (Wildman–Crippen LogP) is 4.90. The monoisotopic (exact) mass is 495 g/mol. The van der Waals surface area contributed by atoms with Crippen LogP contribution in [0.3, 0.4) is 0 Å². The van der Waals surface area contributed by atoms with E-state index in [9.17, 15) is 13.2 Å². The van der Waals surface area contributed by atoms with Gasteiger partial charge in [0.1, 0.15) is 0 Å². The van der Waals surface area contributed by atoms with Crippen LogP contribution in [0.15, 0.2) is 59.5 Å². The normalized spacial score (nSPS) is 27.6. The zero-order valence-corrected chi connectivity index (χ0v) is 21.9. The van der Waals surface area contributed by atoms with Gasteiger partial charge in [-0.15, -0.1) is 0 Å². The first-order valence-electron chi connectivity index (χ1n) is 12.8. The van der Waals surface area contributed by atoms with Gasteiger partial charge in [0.2, 0.25) is 0 Å². The van der Waals surface area contributed by atoms with Crippen LogP contribution in [0.1, 0.15) is 50.5 Å². The van der Waals surface area contributed by atoms with E-state index in [1.165, 1.54) is 31.1 Å². The van der Waals surface area contributed by atoms with Crippen LogP contribution in [0.5, 0.6) is 0 Å². The van der Waals surface area contributed by atoms with Gasteiger partial charge in [0.25, 0.3) is 0 Å². The summed E-state index contributed by atoms with van der Waals surface area (Å²) in [5.41, 5.74) is 1.92. The van der Waals surface area contributed by atoms with Gasteiger partial charge in [-0.05, 0) is 88.4 Å². The largest absolute Gasteiger partial charge is 0.325 e. The summed E-state index contributed by atoms with van der Waals surface area (Å²) in [6.07, 6.45) is 8.78. The van der Waals surface area contributed by atoms with E-state index in [4.69, 9.17) is 0 Å². The number of hydrogen-bond donors (Lipinski definition) is 0. The van der Waals surface area contributed by atoms with Crippen molar-refractivity contribution in [3.05, 3.63) is 60.2 Å². The Hall–Kier alpha value is -2.38. The van der Waals surface area contributed by atoms with Crippen molar-refractivity contribution in [1.82, 2.24) is 9.80 Å². The molecule has 3 aliphatic rings. The maximum Gasteiger partial charge on any atom is 0.325 e. The molecule has 0 aromatic heterocycles. The van der Waals surface area contributed by atoms with E-state index in [1.54, 1.807) is 24.3 Å². The Bertz CT molecular complexity index is 1170. The summed E-state index contributed by atoms with van der Waals surface area (Å²) in [6, 6.07) is 17.7. The molecule has 5 rings (SSSR count). The summed E-state index contributed by atoms with van der Waals surface area (Å²) >= 11 is 0. The Kier molecular flexibility index (Phi) is 6.20. The Labute approximate surface area is 209 Å². The summed E-state index contributed by atoms with van der Waals surface area (Å²) in [5.74, 6) is 0.595. The molecule has 188 valence electrons. The first-order valence-corrected chi connectivity index (χ1v) is 14.7. The van der Waals surface area contributed by atoms with Crippen LogP contribution in [0.4, 0.5) is 10.5 Å². The van der Waals surface area contributed by atoms with Gasteiger partial charge in [-0.25, -0.2) is 13.2 Å². The second-order valence-corrected chi connectivity index (χ2v) is 13.1. The van der Waals surface area contributed by atoms with Crippen LogP contribution in [-0.4, -0.2) is 63.2 Å². The average molecular weight is 496 g/mol. The lowest BCUT2D eigenvalue weighted by Gasteiger charge is -2.51. The van der Waals surface area contributed by atoms with E-state index in [0.29, 0.717) is 12.5 Å². The number of amides is 2. The number of sulfone groups is 1. The first kappa shape index (κ1) is 24.3. The third-order valence-corrected chi connectivity index (χ3v) is 10.0. The summed E-state index contributed by atoms with van der Waals surface area (Å²) < 4.78 is 23.8. The molecule has 0 bridgehead atoms. The second-order valence-electron chi connectivity index (χ2n) is 11.1. The molecule has 1 heterocycles. The molecular weight excluding hydrogens is 458 g/mol. The minimum Gasteiger partial charge on any atom is -0.317 e. The van der Waals surface area contributed by atoms with E-state index in [0.717, 1.165) is 37.9 Å². The molecule has 2 aromatic carbocycles. The van der Waals surface area contributed by atoms with Gasteiger partial charge < -0.3 is 4.90 Å². The molecule has 1 aliphatic heterocycles. The SMILES string of the molecule is CN(C)[C@]1(c2ccccc2)CC[C@@]2(CC1)CN(c1ccc(S(C)(=O)=O)cc1)C(=O)N2CC1CCC1. The molecule has 3 fully saturated rings. The van der Waals surface area contributed by atoms with Crippen molar-refractivity contribution in [2.45, 2.75) is 60.9 Å². The predicted molar refractivity (Wildman–Crippen MR) is 139 cm³/mol. The van der Waals surface area contributed by atoms with E-state index in [2.05, 4.69) is 54.2 Å². The van der Waals surface area contributed by atoms with Crippen molar-refractivity contribution < 1.29 is 13.2 Å².